The van der Waals surface area contributed by atoms with Crippen LogP contribution in [0.25, 0.3) is 0 Å². The van der Waals surface area contributed by atoms with Crippen LogP contribution >= 0.6 is 0 Å². The van der Waals surface area contributed by atoms with E-state index in [1.54, 1.807) is 0 Å². The summed E-state index contributed by atoms with van der Waals surface area (Å²) in [6.07, 6.45) is 1.45. The van der Waals surface area contributed by atoms with E-state index in [2.05, 4.69) is 6.92 Å². The molecule has 1 saturated heterocycles. The van der Waals surface area contributed by atoms with Crippen molar-refractivity contribution in [1.82, 2.24) is 0 Å². The molecule has 0 amide bonds. The summed E-state index contributed by atoms with van der Waals surface area (Å²) in [7, 11) is 0. The molecule has 0 aromatic heterocycles. The van der Waals surface area contributed by atoms with Crippen LogP contribution in [0.3, 0.4) is 0 Å². The molecule has 1 aliphatic carbocycles. The summed E-state index contributed by atoms with van der Waals surface area (Å²) in [5.41, 5.74) is 0. The summed E-state index contributed by atoms with van der Waals surface area (Å²) in [6, 6.07) is 0. The molecule has 2 fully saturated rings. The minimum absolute atomic E-state index is 0.153. The Labute approximate surface area is 55.1 Å². The highest BCUT2D eigenvalue weighted by Gasteiger charge is 2.42. The molecular formula is C7H12O2. The van der Waals surface area contributed by atoms with Crippen molar-refractivity contribution in [2.45, 2.75) is 19.6 Å². The van der Waals surface area contributed by atoms with Gasteiger partial charge in [-0.05, 0) is 12.3 Å². The molecule has 1 saturated carbocycles. The monoisotopic (exact) mass is 128 g/mol. The summed E-state index contributed by atoms with van der Waals surface area (Å²) in [5.74, 6) is 1.56. The van der Waals surface area contributed by atoms with Gasteiger partial charge in [-0.1, -0.05) is 6.92 Å². The van der Waals surface area contributed by atoms with Crippen molar-refractivity contribution in [2.75, 3.05) is 13.2 Å². The highest BCUT2D eigenvalue weighted by molar-refractivity contribution is 4.86. The van der Waals surface area contributed by atoms with Gasteiger partial charge in [0.1, 0.15) is 0 Å². The van der Waals surface area contributed by atoms with Crippen molar-refractivity contribution in [3.63, 3.8) is 0 Å². The fourth-order valence-corrected chi connectivity index (χ4v) is 1.35. The van der Waals surface area contributed by atoms with E-state index in [0.29, 0.717) is 5.92 Å². The van der Waals surface area contributed by atoms with Crippen LogP contribution < -0.4 is 0 Å². The quantitative estimate of drug-likeness (QED) is 0.524. The molecule has 2 atom stereocenters. The average Bonchev–Trinajstić information content (AvgIpc) is 2.44. The van der Waals surface area contributed by atoms with Crippen LogP contribution in [-0.2, 0) is 9.47 Å². The lowest BCUT2D eigenvalue weighted by Gasteiger charge is -2.05. The number of hydrogen-bond acceptors (Lipinski definition) is 2. The molecule has 0 bridgehead atoms. The van der Waals surface area contributed by atoms with Gasteiger partial charge < -0.3 is 9.47 Å². The third-order valence-electron chi connectivity index (χ3n) is 2.17. The zero-order chi connectivity index (χ0) is 6.27. The maximum atomic E-state index is 5.33. The third kappa shape index (κ3) is 0.970. The lowest BCUT2D eigenvalue weighted by molar-refractivity contribution is -0.0603. The standard InChI is InChI=1S/C7H12O2/c1-5-4-6(5)7-8-2-3-9-7/h5-7H,2-4H2,1H3/t5-,6-/m1/s1. The van der Waals surface area contributed by atoms with E-state index in [1.807, 2.05) is 0 Å². The molecule has 2 heteroatoms. The maximum Gasteiger partial charge on any atom is 0.160 e. The van der Waals surface area contributed by atoms with Gasteiger partial charge in [-0.25, -0.2) is 0 Å². The Balaban J connectivity index is 1.85. The minimum Gasteiger partial charge on any atom is -0.350 e. The van der Waals surface area contributed by atoms with Gasteiger partial charge >= 0.3 is 0 Å². The molecule has 0 radical (unpaired) electrons. The second-order valence-corrected chi connectivity index (χ2v) is 2.99. The lowest BCUT2D eigenvalue weighted by Crippen LogP contribution is -2.10. The third-order valence-corrected chi connectivity index (χ3v) is 2.17. The van der Waals surface area contributed by atoms with E-state index in [0.717, 1.165) is 19.1 Å². The molecular weight excluding hydrogens is 116 g/mol. The largest absolute Gasteiger partial charge is 0.350 e. The van der Waals surface area contributed by atoms with Crippen molar-refractivity contribution in [2.24, 2.45) is 11.8 Å². The predicted molar refractivity (Wildman–Crippen MR) is 33.0 cm³/mol. The molecule has 0 aromatic carbocycles. The second-order valence-electron chi connectivity index (χ2n) is 2.99. The molecule has 2 rings (SSSR count). The van der Waals surface area contributed by atoms with Gasteiger partial charge in [0.05, 0.1) is 13.2 Å². The van der Waals surface area contributed by atoms with Gasteiger partial charge in [0.15, 0.2) is 6.29 Å². The number of rotatable bonds is 1. The van der Waals surface area contributed by atoms with Crippen molar-refractivity contribution in [3.05, 3.63) is 0 Å². The van der Waals surface area contributed by atoms with Crippen molar-refractivity contribution in [3.8, 4) is 0 Å². The molecule has 2 nitrogen and oxygen atoms in total. The van der Waals surface area contributed by atoms with Gasteiger partial charge in [0, 0.05) is 5.92 Å². The Hall–Kier alpha value is -0.0800. The first-order valence-electron chi connectivity index (χ1n) is 3.61. The van der Waals surface area contributed by atoms with E-state index in [4.69, 9.17) is 9.47 Å². The zero-order valence-corrected chi connectivity index (χ0v) is 5.67. The molecule has 0 unspecified atom stereocenters. The smallest absolute Gasteiger partial charge is 0.160 e. The first-order valence-corrected chi connectivity index (χ1v) is 3.61. The van der Waals surface area contributed by atoms with Crippen LogP contribution in [0.1, 0.15) is 13.3 Å². The molecule has 9 heavy (non-hydrogen) atoms. The highest BCUT2D eigenvalue weighted by atomic mass is 16.7. The number of hydrogen-bond donors (Lipinski definition) is 0. The van der Waals surface area contributed by atoms with Gasteiger partial charge in [-0.2, -0.15) is 0 Å². The fourth-order valence-electron chi connectivity index (χ4n) is 1.35. The van der Waals surface area contributed by atoms with Crippen LogP contribution in [0.2, 0.25) is 0 Å². The first kappa shape index (κ1) is 5.69. The van der Waals surface area contributed by atoms with Crippen molar-refractivity contribution in [1.29, 1.82) is 0 Å². The van der Waals surface area contributed by atoms with Gasteiger partial charge in [-0.3, -0.25) is 0 Å². The van der Waals surface area contributed by atoms with Crippen LogP contribution in [0, 0.1) is 11.8 Å². The SMILES string of the molecule is C[C@@H]1C[C@H]1C1OCCO1. The normalized spacial score (nSPS) is 43.7. The average molecular weight is 128 g/mol. The summed E-state index contributed by atoms with van der Waals surface area (Å²) < 4.78 is 10.7. The van der Waals surface area contributed by atoms with Crippen LogP contribution in [0.5, 0.6) is 0 Å². The summed E-state index contributed by atoms with van der Waals surface area (Å²) in [5, 5.41) is 0. The van der Waals surface area contributed by atoms with E-state index in [9.17, 15) is 0 Å². The molecule has 0 N–H and O–H groups in total. The van der Waals surface area contributed by atoms with Gasteiger partial charge in [0.2, 0.25) is 0 Å². The second kappa shape index (κ2) is 1.96. The summed E-state index contributed by atoms with van der Waals surface area (Å²) >= 11 is 0. The Morgan fingerprint density at radius 2 is 1.78 bits per heavy atom. The lowest BCUT2D eigenvalue weighted by atomic mass is 10.3. The molecule has 0 aromatic rings. The Morgan fingerprint density at radius 3 is 2.22 bits per heavy atom. The molecule has 52 valence electrons. The number of ether oxygens (including phenoxy) is 2. The topological polar surface area (TPSA) is 18.5 Å². The van der Waals surface area contributed by atoms with Crippen molar-refractivity contribution >= 4 is 0 Å². The highest BCUT2D eigenvalue weighted by Crippen LogP contribution is 2.43. The Kier molecular flexibility index (Phi) is 1.24. The zero-order valence-electron chi connectivity index (χ0n) is 5.67. The van der Waals surface area contributed by atoms with Gasteiger partial charge in [0.25, 0.3) is 0 Å². The molecule has 1 aliphatic heterocycles. The summed E-state index contributed by atoms with van der Waals surface area (Å²) in [6.45, 7) is 3.84. The van der Waals surface area contributed by atoms with Gasteiger partial charge in [-0.15, -0.1) is 0 Å². The molecule has 2 aliphatic rings. The predicted octanol–water partition coefficient (Wildman–Crippen LogP) is 1.02. The van der Waals surface area contributed by atoms with Crippen LogP contribution in [-0.4, -0.2) is 19.5 Å². The molecule has 1 heterocycles. The summed E-state index contributed by atoms with van der Waals surface area (Å²) in [4.78, 5) is 0. The Bertz CT molecular complexity index is 107. The maximum absolute atomic E-state index is 5.33. The first-order chi connectivity index (χ1) is 4.38. The Morgan fingerprint density at radius 1 is 1.22 bits per heavy atom. The van der Waals surface area contributed by atoms with E-state index < -0.39 is 0 Å². The van der Waals surface area contributed by atoms with E-state index >= 15 is 0 Å². The van der Waals surface area contributed by atoms with Crippen LogP contribution in [0.15, 0.2) is 0 Å². The molecule has 0 spiro atoms. The van der Waals surface area contributed by atoms with Crippen molar-refractivity contribution < 1.29 is 9.47 Å². The van der Waals surface area contributed by atoms with E-state index in [-0.39, 0.29) is 6.29 Å². The van der Waals surface area contributed by atoms with E-state index in [1.165, 1.54) is 6.42 Å². The van der Waals surface area contributed by atoms with Crippen LogP contribution in [0.4, 0.5) is 0 Å². The minimum atomic E-state index is 0.153. The fraction of sp³-hybridized carbons (Fsp3) is 1.00.